The number of hydrogen-bond donors (Lipinski definition) is 1. The van der Waals surface area contributed by atoms with Crippen molar-refractivity contribution in [2.75, 3.05) is 19.0 Å². The molecule has 150 valence electrons. The summed E-state index contributed by atoms with van der Waals surface area (Å²) in [7, 11) is 1.32. The average Bonchev–Trinajstić information content (AvgIpc) is 2.98. The number of benzene rings is 1. The first-order valence-corrected chi connectivity index (χ1v) is 9.30. The minimum Gasteiger partial charge on any atom is -0.494 e. The van der Waals surface area contributed by atoms with E-state index in [1.165, 1.54) is 19.2 Å². The quantitative estimate of drug-likeness (QED) is 0.572. The number of ether oxygens (including phenoxy) is 2. The van der Waals surface area contributed by atoms with Gasteiger partial charge in [0.2, 0.25) is 5.91 Å². The Bertz CT molecular complexity index is 914. The third kappa shape index (κ3) is 5.16. The van der Waals surface area contributed by atoms with E-state index in [1.54, 1.807) is 33.8 Å². The van der Waals surface area contributed by atoms with E-state index in [0.717, 1.165) is 17.4 Å². The van der Waals surface area contributed by atoms with E-state index >= 15 is 0 Å². The van der Waals surface area contributed by atoms with E-state index in [2.05, 4.69) is 5.32 Å². The molecular weight excluding hydrogens is 385 g/mol. The molecule has 0 spiro atoms. The van der Waals surface area contributed by atoms with Crippen molar-refractivity contribution in [2.24, 2.45) is 5.41 Å². The fraction of sp³-hybridized carbons (Fsp3) is 0.350. The Labute approximate surface area is 166 Å². The average molecular weight is 407 g/mol. The largest absolute Gasteiger partial charge is 0.494 e. The van der Waals surface area contributed by atoms with Gasteiger partial charge in [-0.2, -0.15) is 0 Å². The molecule has 1 aromatic carbocycles. The normalized spacial score (nSPS) is 11.1. The number of halogens is 1. The monoisotopic (exact) mass is 407 g/mol. The predicted molar refractivity (Wildman–Crippen MR) is 105 cm³/mol. The maximum atomic E-state index is 13.7. The van der Waals surface area contributed by atoms with Crippen LogP contribution in [0, 0.1) is 18.2 Å². The number of nitrogens with one attached hydrogen (secondary N) is 1. The number of Topliss-reactive ketones (excluding diaryl/α,β-unsaturated/α-hetero) is 1. The SMILES string of the molecule is COc1ccc(C(=O)COC(=O)c2sc(NC(=O)C(C)(C)C)cc2C)cc1F. The molecule has 0 unspecified atom stereocenters. The van der Waals surface area contributed by atoms with E-state index < -0.39 is 29.6 Å². The second-order valence-corrected chi connectivity index (χ2v) is 8.23. The van der Waals surface area contributed by atoms with Crippen LogP contribution >= 0.6 is 11.3 Å². The summed E-state index contributed by atoms with van der Waals surface area (Å²) in [5.41, 5.74) is 0.132. The summed E-state index contributed by atoms with van der Waals surface area (Å²) in [5, 5.41) is 3.28. The molecule has 0 aliphatic heterocycles. The molecule has 6 nitrogen and oxygen atoms in total. The van der Waals surface area contributed by atoms with Crippen LogP contribution in [0.5, 0.6) is 5.75 Å². The van der Waals surface area contributed by atoms with Crippen LogP contribution in [0.25, 0.3) is 0 Å². The topological polar surface area (TPSA) is 81.7 Å². The molecule has 0 atom stereocenters. The van der Waals surface area contributed by atoms with Crippen molar-refractivity contribution in [1.82, 2.24) is 0 Å². The predicted octanol–water partition coefficient (Wildman–Crippen LogP) is 4.23. The molecule has 0 saturated carbocycles. The van der Waals surface area contributed by atoms with E-state index in [1.807, 2.05) is 0 Å². The maximum Gasteiger partial charge on any atom is 0.349 e. The number of anilines is 1. The number of ketones is 1. The second-order valence-electron chi connectivity index (χ2n) is 7.18. The van der Waals surface area contributed by atoms with E-state index in [9.17, 15) is 18.8 Å². The van der Waals surface area contributed by atoms with Gasteiger partial charge in [-0.3, -0.25) is 9.59 Å². The zero-order valence-electron chi connectivity index (χ0n) is 16.3. The summed E-state index contributed by atoms with van der Waals surface area (Å²) < 4.78 is 23.6. The number of methoxy groups -OCH3 is 1. The minimum atomic E-state index is -0.680. The van der Waals surface area contributed by atoms with Crippen LogP contribution in [0.2, 0.25) is 0 Å². The van der Waals surface area contributed by atoms with Crippen molar-refractivity contribution in [3.05, 3.63) is 46.1 Å². The highest BCUT2D eigenvalue weighted by Crippen LogP contribution is 2.29. The summed E-state index contributed by atoms with van der Waals surface area (Å²) in [6.07, 6.45) is 0. The molecule has 28 heavy (non-hydrogen) atoms. The van der Waals surface area contributed by atoms with Crippen LogP contribution in [0.15, 0.2) is 24.3 Å². The Balaban J connectivity index is 2.02. The van der Waals surface area contributed by atoms with Crippen LogP contribution in [0.4, 0.5) is 9.39 Å². The molecule has 0 bridgehead atoms. The lowest BCUT2D eigenvalue weighted by Crippen LogP contribution is -2.27. The van der Waals surface area contributed by atoms with Gasteiger partial charge in [0, 0.05) is 11.0 Å². The molecule has 0 fully saturated rings. The molecule has 0 aliphatic rings. The van der Waals surface area contributed by atoms with E-state index in [-0.39, 0.29) is 22.1 Å². The number of amides is 1. The van der Waals surface area contributed by atoms with Crippen LogP contribution in [0.1, 0.15) is 46.4 Å². The highest BCUT2D eigenvalue weighted by atomic mass is 32.1. The first-order valence-electron chi connectivity index (χ1n) is 8.48. The molecule has 1 N–H and O–H groups in total. The van der Waals surface area contributed by atoms with Gasteiger partial charge in [0.1, 0.15) is 4.88 Å². The van der Waals surface area contributed by atoms with Gasteiger partial charge < -0.3 is 14.8 Å². The van der Waals surface area contributed by atoms with Gasteiger partial charge in [0.05, 0.1) is 12.1 Å². The molecular formula is C20H22FNO5S. The van der Waals surface area contributed by atoms with Crippen molar-refractivity contribution in [1.29, 1.82) is 0 Å². The number of rotatable bonds is 6. The van der Waals surface area contributed by atoms with E-state index in [0.29, 0.717) is 10.6 Å². The lowest BCUT2D eigenvalue weighted by atomic mass is 9.96. The Kier molecular flexibility index (Phi) is 6.56. The maximum absolute atomic E-state index is 13.7. The van der Waals surface area contributed by atoms with Gasteiger partial charge in [0.15, 0.2) is 24.0 Å². The van der Waals surface area contributed by atoms with Crippen molar-refractivity contribution in [2.45, 2.75) is 27.7 Å². The van der Waals surface area contributed by atoms with Crippen LogP contribution in [-0.2, 0) is 9.53 Å². The van der Waals surface area contributed by atoms with Crippen molar-refractivity contribution in [3.63, 3.8) is 0 Å². The number of carbonyl (C=O) groups is 3. The molecule has 2 aromatic rings. The van der Waals surface area contributed by atoms with Crippen molar-refractivity contribution >= 4 is 34.0 Å². The van der Waals surface area contributed by atoms with Crippen molar-refractivity contribution in [3.8, 4) is 5.75 Å². The molecule has 0 aliphatic carbocycles. The summed E-state index contributed by atoms with van der Waals surface area (Å²) in [6.45, 7) is 6.54. The fourth-order valence-corrected chi connectivity index (χ4v) is 3.13. The smallest absolute Gasteiger partial charge is 0.349 e. The van der Waals surface area contributed by atoms with Crippen LogP contribution in [-0.4, -0.2) is 31.4 Å². The molecule has 0 radical (unpaired) electrons. The summed E-state index contributed by atoms with van der Waals surface area (Å²) >= 11 is 1.07. The van der Waals surface area contributed by atoms with Gasteiger partial charge in [-0.1, -0.05) is 20.8 Å². The lowest BCUT2D eigenvalue weighted by Gasteiger charge is -2.16. The Hall–Kier alpha value is -2.74. The molecule has 1 amide bonds. The second kappa shape index (κ2) is 8.52. The summed E-state index contributed by atoms with van der Waals surface area (Å²) in [5.74, 6) is -2.04. The van der Waals surface area contributed by atoms with Gasteiger partial charge in [-0.05, 0) is 36.8 Å². The fourth-order valence-electron chi connectivity index (χ4n) is 2.17. The van der Waals surface area contributed by atoms with Gasteiger partial charge in [-0.15, -0.1) is 11.3 Å². The molecule has 0 saturated heterocycles. The highest BCUT2D eigenvalue weighted by molar-refractivity contribution is 7.18. The van der Waals surface area contributed by atoms with Crippen molar-refractivity contribution < 1.29 is 28.2 Å². The molecule has 8 heteroatoms. The standard InChI is InChI=1S/C20H22FNO5S/c1-11-8-16(22-19(25)20(2,3)4)28-17(11)18(24)27-10-14(23)12-6-7-15(26-5)13(21)9-12/h6-9H,10H2,1-5H3,(H,22,25). The van der Waals surface area contributed by atoms with Crippen LogP contribution in [0.3, 0.4) is 0 Å². The third-order valence-electron chi connectivity index (χ3n) is 3.83. The van der Waals surface area contributed by atoms with E-state index in [4.69, 9.17) is 9.47 Å². The molecule has 1 heterocycles. The van der Waals surface area contributed by atoms with Gasteiger partial charge in [0.25, 0.3) is 0 Å². The number of carbonyl (C=O) groups excluding carboxylic acids is 3. The highest BCUT2D eigenvalue weighted by Gasteiger charge is 2.23. The van der Waals surface area contributed by atoms with Crippen LogP contribution < -0.4 is 10.1 Å². The molecule has 2 rings (SSSR count). The minimum absolute atomic E-state index is 0.0209. The number of hydrogen-bond acceptors (Lipinski definition) is 6. The first kappa shape index (κ1) is 21.6. The summed E-state index contributed by atoms with van der Waals surface area (Å²) in [6, 6.07) is 5.43. The van der Waals surface area contributed by atoms with Gasteiger partial charge in [-0.25, -0.2) is 9.18 Å². The zero-order valence-corrected chi connectivity index (χ0v) is 17.2. The number of esters is 1. The lowest BCUT2D eigenvalue weighted by molar-refractivity contribution is -0.123. The number of thiophene rings is 1. The Morgan fingerprint density at radius 2 is 1.86 bits per heavy atom. The third-order valence-corrected chi connectivity index (χ3v) is 4.96. The Morgan fingerprint density at radius 1 is 1.18 bits per heavy atom. The zero-order chi connectivity index (χ0) is 21.1. The Morgan fingerprint density at radius 3 is 2.43 bits per heavy atom. The summed E-state index contributed by atoms with van der Waals surface area (Å²) in [4.78, 5) is 36.8. The first-order chi connectivity index (χ1) is 13.0. The molecule has 1 aromatic heterocycles. The van der Waals surface area contributed by atoms with Gasteiger partial charge >= 0.3 is 5.97 Å². The number of aryl methyl sites for hydroxylation is 1.